The van der Waals surface area contributed by atoms with Crippen LogP contribution < -0.4 is 5.32 Å². The van der Waals surface area contributed by atoms with Crippen LogP contribution in [0, 0.1) is 5.41 Å². The molecule has 29 heavy (non-hydrogen) atoms. The number of aromatic nitrogens is 3. The van der Waals surface area contributed by atoms with Gasteiger partial charge in [0, 0.05) is 29.7 Å². The molecular formula is C20H21N5O3S. The third kappa shape index (κ3) is 4.14. The van der Waals surface area contributed by atoms with Gasteiger partial charge in [-0.05, 0) is 30.4 Å². The summed E-state index contributed by atoms with van der Waals surface area (Å²) >= 11 is 0.922. The summed E-state index contributed by atoms with van der Waals surface area (Å²) in [6.45, 7) is 4.01. The summed E-state index contributed by atoms with van der Waals surface area (Å²) in [5, 5.41) is 2.60. The lowest BCUT2D eigenvalue weighted by atomic mass is 9.74. The molecule has 2 aliphatic rings. The molecule has 0 saturated carbocycles. The molecular weight excluding hydrogens is 390 g/mol. The zero-order valence-electron chi connectivity index (χ0n) is 16.2. The monoisotopic (exact) mass is 411 g/mol. The first-order valence-corrected chi connectivity index (χ1v) is 10.3. The highest BCUT2D eigenvalue weighted by Gasteiger charge is 2.36. The largest absolute Gasteiger partial charge is 0.348 e. The Labute approximate surface area is 172 Å². The first kappa shape index (κ1) is 19.5. The molecule has 2 aromatic rings. The minimum absolute atomic E-state index is 0.0655. The summed E-state index contributed by atoms with van der Waals surface area (Å²) in [6.07, 6.45) is 6.66. The van der Waals surface area contributed by atoms with Gasteiger partial charge in [0.1, 0.15) is 6.54 Å². The van der Waals surface area contributed by atoms with E-state index in [1.807, 2.05) is 12.1 Å². The Balaban J connectivity index is 1.56. The Kier molecular flexibility index (Phi) is 5.08. The van der Waals surface area contributed by atoms with E-state index in [9.17, 15) is 14.4 Å². The van der Waals surface area contributed by atoms with Crippen molar-refractivity contribution in [3.8, 4) is 11.4 Å². The number of hydrogen-bond donors (Lipinski definition) is 1. The fraction of sp³-hybridized carbons (Fsp3) is 0.400. The number of nitrogens with one attached hydrogen (secondary N) is 1. The standard InChI is InChI=1S/C20H21N5O3S/c1-20(2)7-14(23-16(26)10-25-17(27)11-29-19(25)28)13-9-22-18(24-15(13)8-20)12-3-5-21-6-4-12/h3-6,9,14H,7-8,10-11H2,1-2H3,(H,23,26). The number of hydrogen-bond acceptors (Lipinski definition) is 7. The van der Waals surface area contributed by atoms with E-state index in [1.165, 1.54) is 0 Å². The molecule has 1 aliphatic heterocycles. The zero-order chi connectivity index (χ0) is 20.6. The van der Waals surface area contributed by atoms with Crippen LogP contribution in [0.25, 0.3) is 11.4 Å². The number of carbonyl (C=O) groups is 3. The fourth-order valence-electron chi connectivity index (χ4n) is 3.73. The number of carbonyl (C=O) groups excluding carboxylic acids is 3. The van der Waals surface area contributed by atoms with E-state index >= 15 is 0 Å². The molecule has 1 saturated heterocycles. The van der Waals surface area contributed by atoms with E-state index in [4.69, 9.17) is 4.98 Å². The summed E-state index contributed by atoms with van der Waals surface area (Å²) in [7, 11) is 0. The lowest BCUT2D eigenvalue weighted by Crippen LogP contribution is -2.43. The van der Waals surface area contributed by atoms with Crippen LogP contribution in [-0.4, -0.2) is 49.2 Å². The highest BCUT2D eigenvalue weighted by molar-refractivity contribution is 8.14. The molecule has 1 unspecified atom stereocenters. The van der Waals surface area contributed by atoms with Gasteiger partial charge in [-0.25, -0.2) is 9.97 Å². The van der Waals surface area contributed by atoms with E-state index in [0.717, 1.165) is 46.3 Å². The second kappa shape index (κ2) is 7.55. The summed E-state index contributed by atoms with van der Waals surface area (Å²) in [6, 6.07) is 3.45. The van der Waals surface area contributed by atoms with Crippen LogP contribution in [0.2, 0.25) is 0 Å². The molecule has 0 aromatic carbocycles. The molecule has 9 heteroatoms. The third-order valence-corrected chi connectivity index (χ3v) is 5.95. The minimum Gasteiger partial charge on any atom is -0.348 e. The van der Waals surface area contributed by atoms with Crippen molar-refractivity contribution < 1.29 is 14.4 Å². The van der Waals surface area contributed by atoms with E-state index in [2.05, 4.69) is 29.1 Å². The SMILES string of the molecule is CC1(C)Cc2nc(-c3ccncc3)ncc2C(NC(=O)CN2C(=O)CSC2=O)C1. The van der Waals surface area contributed by atoms with Crippen molar-refractivity contribution in [3.63, 3.8) is 0 Å². The van der Waals surface area contributed by atoms with Crippen molar-refractivity contribution in [2.45, 2.75) is 32.7 Å². The molecule has 1 atom stereocenters. The molecule has 150 valence electrons. The highest BCUT2D eigenvalue weighted by atomic mass is 32.2. The van der Waals surface area contributed by atoms with Crippen molar-refractivity contribution in [2.24, 2.45) is 5.41 Å². The number of rotatable bonds is 4. The number of amides is 3. The van der Waals surface area contributed by atoms with Gasteiger partial charge in [0.05, 0.1) is 17.5 Å². The summed E-state index contributed by atoms with van der Waals surface area (Å²) in [4.78, 5) is 50.3. The molecule has 0 spiro atoms. The van der Waals surface area contributed by atoms with Gasteiger partial charge in [-0.1, -0.05) is 25.6 Å². The predicted octanol–water partition coefficient (Wildman–Crippen LogP) is 2.36. The van der Waals surface area contributed by atoms with Crippen LogP contribution in [0.5, 0.6) is 0 Å². The van der Waals surface area contributed by atoms with Gasteiger partial charge in [-0.2, -0.15) is 0 Å². The Morgan fingerprint density at radius 3 is 2.76 bits per heavy atom. The van der Waals surface area contributed by atoms with Gasteiger partial charge in [0.15, 0.2) is 5.82 Å². The summed E-state index contributed by atoms with van der Waals surface area (Å²) < 4.78 is 0. The molecule has 1 N–H and O–H groups in total. The number of thioether (sulfide) groups is 1. The molecule has 8 nitrogen and oxygen atoms in total. The average Bonchev–Trinajstić information content (AvgIpc) is 2.99. The number of fused-ring (bicyclic) bond motifs is 1. The lowest BCUT2D eigenvalue weighted by molar-refractivity contribution is -0.131. The van der Waals surface area contributed by atoms with Gasteiger partial charge in [-0.3, -0.25) is 24.3 Å². The van der Waals surface area contributed by atoms with Gasteiger partial charge in [-0.15, -0.1) is 0 Å². The van der Waals surface area contributed by atoms with E-state index in [1.54, 1.807) is 18.6 Å². The Hall–Kier alpha value is -2.81. The highest BCUT2D eigenvalue weighted by Crippen LogP contribution is 2.40. The van der Waals surface area contributed by atoms with Crippen LogP contribution in [-0.2, 0) is 16.0 Å². The van der Waals surface area contributed by atoms with E-state index in [0.29, 0.717) is 5.82 Å². The zero-order valence-corrected chi connectivity index (χ0v) is 17.0. The van der Waals surface area contributed by atoms with Crippen LogP contribution in [0.3, 0.4) is 0 Å². The number of pyridine rings is 1. The third-order valence-electron chi connectivity index (χ3n) is 5.09. The molecule has 1 aliphatic carbocycles. The quantitative estimate of drug-likeness (QED) is 0.823. The van der Waals surface area contributed by atoms with Crippen molar-refractivity contribution in [2.75, 3.05) is 12.3 Å². The number of imide groups is 1. The van der Waals surface area contributed by atoms with Crippen LogP contribution in [0.4, 0.5) is 4.79 Å². The lowest BCUT2D eigenvalue weighted by Gasteiger charge is -2.36. The van der Waals surface area contributed by atoms with Crippen molar-refractivity contribution in [1.29, 1.82) is 0 Å². The molecule has 4 rings (SSSR count). The maximum Gasteiger partial charge on any atom is 0.289 e. The average molecular weight is 411 g/mol. The maximum atomic E-state index is 12.6. The van der Waals surface area contributed by atoms with Gasteiger partial charge < -0.3 is 5.32 Å². The first-order chi connectivity index (χ1) is 13.8. The molecule has 0 radical (unpaired) electrons. The normalized spacial score (nSPS) is 20.5. The summed E-state index contributed by atoms with van der Waals surface area (Å²) in [5.41, 5.74) is 2.60. The predicted molar refractivity (Wildman–Crippen MR) is 108 cm³/mol. The molecule has 3 heterocycles. The van der Waals surface area contributed by atoms with Gasteiger partial charge >= 0.3 is 0 Å². The molecule has 1 fully saturated rings. The topological polar surface area (TPSA) is 105 Å². The summed E-state index contributed by atoms with van der Waals surface area (Å²) in [5.74, 6) is 0.0296. The second-order valence-corrected chi connectivity index (χ2v) is 8.96. The minimum atomic E-state index is -0.375. The van der Waals surface area contributed by atoms with Crippen molar-refractivity contribution in [3.05, 3.63) is 42.0 Å². The maximum absolute atomic E-state index is 12.6. The van der Waals surface area contributed by atoms with E-state index in [-0.39, 0.29) is 40.8 Å². The Morgan fingerprint density at radius 2 is 2.07 bits per heavy atom. The van der Waals surface area contributed by atoms with E-state index < -0.39 is 0 Å². The smallest absolute Gasteiger partial charge is 0.289 e. The van der Waals surface area contributed by atoms with Gasteiger partial charge in [0.25, 0.3) is 5.24 Å². The van der Waals surface area contributed by atoms with Gasteiger partial charge in [0.2, 0.25) is 11.8 Å². The first-order valence-electron chi connectivity index (χ1n) is 9.35. The Morgan fingerprint density at radius 1 is 1.31 bits per heavy atom. The molecule has 3 amide bonds. The van der Waals surface area contributed by atoms with Crippen molar-refractivity contribution in [1.82, 2.24) is 25.2 Å². The fourth-order valence-corrected chi connectivity index (χ4v) is 4.46. The van der Waals surface area contributed by atoms with Crippen LogP contribution >= 0.6 is 11.8 Å². The molecule has 0 bridgehead atoms. The number of nitrogens with zero attached hydrogens (tertiary/aromatic N) is 4. The molecule has 2 aromatic heterocycles. The van der Waals surface area contributed by atoms with Crippen molar-refractivity contribution >= 4 is 28.8 Å². The van der Waals surface area contributed by atoms with Crippen LogP contribution in [0.15, 0.2) is 30.7 Å². The Bertz CT molecular complexity index is 963. The van der Waals surface area contributed by atoms with Crippen LogP contribution in [0.1, 0.15) is 37.6 Å². The second-order valence-electron chi connectivity index (χ2n) is 8.03.